The minimum atomic E-state index is -2.33. The van der Waals surface area contributed by atoms with E-state index in [-0.39, 0.29) is 51.4 Å². The summed E-state index contributed by atoms with van der Waals surface area (Å²) >= 11 is -2.33. The average molecular weight is 359 g/mol. The standard InChI is InChI=1S/C17H36O3S.K/c1-2-3-4-5-6-7-8-9-10-11-12-13-14-15-16-17-20-21(18)19;/h2-17H2,1H3,(H,18,19);/q;+1/p-1. The zero-order valence-electron chi connectivity index (χ0n) is 14.9. The van der Waals surface area contributed by atoms with E-state index in [0.717, 1.165) is 12.8 Å². The van der Waals surface area contributed by atoms with Crippen molar-refractivity contribution in [2.24, 2.45) is 0 Å². The molecule has 128 valence electrons. The van der Waals surface area contributed by atoms with Crippen molar-refractivity contribution in [1.29, 1.82) is 0 Å². The smallest absolute Gasteiger partial charge is 0.750 e. The van der Waals surface area contributed by atoms with E-state index in [4.69, 9.17) is 0 Å². The Bertz CT molecular complexity index is 228. The molecule has 5 heteroatoms. The zero-order chi connectivity index (χ0) is 15.6. The van der Waals surface area contributed by atoms with Gasteiger partial charge in [-0.3, -0.25) is 0 Å². The van der Waals surface area contributed by atoms with E-state index < -0.39 is 11.4 Å². The van der Waals surface area contributed by atoms with Crippen LogP contribution in [0.4, 0.5) is 0 Å². The second kappa shape index (κ2) is 22.7. The minimum absolute atomic E-state index is 0. The molecule has 0 saturated carbocycles. The third kappa shape index (κ3) is 24.0. The third-order valence-corrected chi connectivity index (χ3v) is 4.29. The van der Waals surface area contributed by atoms with Crippen molar-refractivity contribution in [3.05, 3.63) is 0 Å². The van der Waals surface area contributed by atoms with E-state index >= 15 is 0 Å². The summed E-state index contributed by atoms with van der Waals surface area (Å²) < 4.78 is 24.7. The molecule has 22 heavy (non-hydrogen) atoms. The quantitative estimate of drug-likeness (QED) is 0.228. The predicted molar refractivity (Wildman–Crippen MR) is 89.8 cm³/mol. The first-order chi connectivity index (χ1) is 10.3. The normalized spacial score (nSPS) is 12.1. The van der Waals surface area contributed by atoms with Gasteiger partial charge in [-0.1, -0.05) is 96.8 Å². The van der Waals surface area contributed by atoms with Crippen LogP contribution >= 0.6 is 0 Å². The van der Waals surface area contributed by atoms with Gasteiger partial charge in [0, 0.05) is 0 Å². The number of hydrogen-bond donors (Lipinski definition) is 0. The molecule has 0 bridgehead atoms. The van der Waals surface area contributed by atoms with E-state index in [1.807, 2.05) is 0 Å². The van der Waals surface area contributed by atoms with Crippen molar-refractivity contribution in [3.8, 4) is 0 Å². The van der Waals surface area contributed by atoms with E-state index in [9.17, 15) is 8.76 Å². The maximum atomic E-state index is 10.1. The fourth-order valence-electron chi connectivity index (χ4n) is 2.60. The van der Waals surface area contributed by atoms with Gasteiger partial charge in [0.05, 0.1) is 18.0 Å². The summed E-state index contributed by atoms with van der Waals surface area (Å²) in [6.07, 6.45) is 19.7. The molecule has 0 radical (unpaired) electrons. The van der Waals surface area contributed by atoms with E-state index in [0.29, 0.717) is 6.61 Å². The second-order valence-electron chi connectivity index (χ2n) is 5.98. The molecule has 0 aliphatic rings. The fraction of sp³-hybridized carbons (Fsp3) is 1.00. The Morgan fingerprint density at radius 3 is 1.32 bits per heavy atom. The zero-order valence-corrected chi connectivity index (χ0v) is 18.9. The van der Waals surface area contributed by atoms with Crippen LogP contribution in [0.5, 0.6) is 0 Å². The Kier molecular flexibility index (Phi) is 26.8. The SMILES string of the molecule is CCCCCCCCCCCCCCCCCOS(=O)[O-].[K+]. The Hall–Kier alpha value is 1.71. The molecule has 0 amide bonds. The molecule has 0 aromatic rings. The van der Waals surface area contributed by atoms with Crippen molar-refractivity contribution in [1.82, 2.24) is 0 Å². The minimum Gasteiger partial charge on any atom is -0.750 e. The van der Waals surface area contributed by atoms with Crippen LogP contribution in [0.1, 0.15) is 103 Å². The topological polar surface area (TPSA) is 49.4 Å². The summed E-state index contributed by atoms with van der Waals surface area (Å²) in [5.74, 6) is 0. The van der Waals surface area contributed by atoms with Crippen molar-refractivity contribution >= 4 is 11.4 Å². The van der Waals surface area contributed by atoms with Gasteiger partial charge in [0.1, 0.15) is 0 Å². The van der Waals surface area contributed by atoms with Gasteiger partial charge in [0.15, 0.2) is 0 Å². The summed E-state index contributed by atoms with van der Waals surface area (Å²) in [6.45, 7) is 2.61. The Morgan fingerprint density at radius 2 is 1.00 bits per heavy atom. The van der Waals surface area contributed by atoms with Crippen LogP contribution in [0.3, 0.4) is 0 Å². The van der Waals surface area contributed by atoms with E-state index in [2.05, 4.69) is 11.1 Å². The number of rotatable bonds is 17. The van der Waals surface area contributed by atoms with Crippen molar-refractivity contribution in [3.63, 3.8) is 0 Å². The molecule has 0 heterocycles. The molecule has 0 aromatic carbocycles. The van der Waals surface area contributed by atoms with Crippen molar-refractivity contribution in [2.45, 2.75) is 103 Å². The van der Waals surface area contributed by atoms with Gasteiger partial charge < -0.3 is 8.74 Å². The summed E-state index contributed by atoms with van der Waals surface area (Å²) in [6, 6.07) is 0. The molecular weight excluding hydrogens is 323 g/mol. The van der Waals surface area contributed by atoms with Gasteiger partial charge in [0.25, 0.3) is 0 Å². The van der Waals surface area contributed by atoms with Crippen molar-refractivity contribution < 1.29 is 64.3 Å². The van der Waals surface area contributed by atoms with Gasteiger partial charge in [-0.2, -0.15) is 0 Å². The first-order valence-corrected chi connectivity index (χ1v) is 10.00. The van der Waals surface area contributed by atoms with E-state index in [1.165, 1.54) is 83.5 Å². The number of unbranched alkanes of at least 4 members (excludes halogenated alkanes) is 14. The van der Waals surface area contributed by atoms with Crippen LogP contribution < -0.4 is 51.4 Å². The molecular formula is C17H35KO3S. The summed E-state index contributed by atoms with van der Waals surface area (Å²) in [7, 11) is 0. The second-order valence-corrected chi connectivity index (χ2v) is 6.62. The van der Waals surface area contributed by atoms with Gasteiger partial charge >= 0.3 is 51.4 Å². The Balaban J connectivity index is 0. The largest absolute Gasteiger partial charge is 1.00 e. The molecule has 1 atom stereocenters. The van der Waals surface area contributed by atoms with Crippen LogP contribution in [0.25, 0.3) is 0 Å². The predicted octanol–water partition coefficient (Wildman–Crippen LogP) is 2.67. The molecule has 0 aliphatic carbocycles. The van der Waals surface area contributed by atoms with Gasteiger partial charge in [-0.05, 0) is 6.42 Å². The monoisotopic (exact) mass is 358 g/mol. The Labute approximate surface area is 183 Å². The molecule has 0 aliphatic heterocycles. The summed E-state index contributed by atoms with van der Waals surface area (Å²) in [5, 5.41) is 0. The molecule has 0 rings (SSSR count). The van der Waals surface area contributed by atoms with Gasteiger partial charge in [-0.15, -0.1) is 0 Å². The first kappa shape index (κ1) is 25.9. The average Bonchev–Trinajstić information content (AvgIpc) is 2.46. The van der Waals surface area contributed by atoms with E-state index in [1.54, 1.807) is 0 Å². The van der Waals surface area contributed by atoms with Crippen LogP contribution in [0, 0.1) is 0 Å². The molecule has 0 aromatic heterocycles. The third-order valence-electron chi connectivity index (χ3n) is 3.93. The first-order valence-electron chi connectivity index (χ1n) is 9.00. The van der Waals surface area contributed by atoms with Gasteiger partial charge in [0.2, 0.25) is 0 Å². The van der Waals surface area contributed by atoms with Crippen molar-refractivity contribution in [2.75, 3.05) is 6.61 Å². The summed E-state index contributed by atoms with van der Waals surface area (Å²) in [4.78, 5) is 0. The Morgan fingerprint density at radius 1 is 0.682 bits per heavy atom. The van der Waals surface area contributed by atoms with Gasteiger partial charge in [-0.25, -0.2) is 4.21 Å². The maximum Gasteiger partial charge on any atom is 1.00 e. The molecule has 3 nitrogen and oxygen atoms in total. The maximum absolute atomic E-state index is 10.1. The molecule has 1 unspecified atom stereocenters. The molecule has 0 saturated heterocycles. The van der Waals surface area contributed by atoms with Crippen LogP contribution in [-0.2, 0) is 15.5 Å². The fourth-order valence-corrected chi connectivity index (χ4v) is 2.85. The summed E-state index contributed by atoms with van der Waals surface area (Å²) in [5.41, 5.74) is 0. The van der Waals surface area contributed by atoms with Crippen LogP contribution in [0.2, 0.25) is 0 Å². The van der Waals surface area contributed by atoms with Crippen LogP contribution in [0.15, 0.2) is 0 Å². The molecule has 0 fully saturated rings. The molecule has 0 spiro atoms. The number of hydrogen-bond acceptors (Lipinski definition) is 3. The van der Waals surface area contributed by atoms with Crippen LogP contribution in [-0.4, -0.2) is 15.4 Å². The molecule has 0 N–H and O–H groups in total.